The smallest absolute Gasteiger partial charge is 0.304 e. The van der Waals surface area contributed by atoms with Gasteiger partial charge in [-0.1, -0.05) is 29.8 Å². The van der Waals surface area contributed by atoms with Crippen molar-refractivity contribution in [2.45, 2.75) is 56.6 Å². The van der Waals surface area contributed by atoms with Crippen LogP contribution in [0.25, 0.3) is 0 Å². The Hall–Kier alpha value is -3.64. The molecule has 0 bridgehead atoms. The van der Waals surface area contributed by atoms with Crippen molar-refractivity contribution in [2.24, 2.45) is 11.8 Å². The number of ether oxygens (including phenoxy) is 1. The van der Waals surface area contributed by atoms with E-state index in [4.69, 9.17) is 20.8 Å². The molecule has 2 heterocycles. The van der Waals surface area contributed by atoms with Crippen molar-refractivity contribution >= 4 is 33.4 Å². The number of fused-ring (bicyclic) bond motifs is 3. The van der Waals surface area contributed by atoms with Crippen LogP contribution in [-0.2, 0) is 28.6 Å². The van der Waals surface area contributed by atoms with Gasteiger partial charge in [-0.05, 0) is 91.8 Å². The van der Waals surface area contributed by atoms with E-state index in [0.29, 0.717) is 36.9 Å². The van der Waals surface area contributed by atoms with E-state index in [1.54, 1.807) is 30.4 Å². The summed E-state index contributed by atoms with van der Waals surface area (Å²) in [5, 5.41) is 11.3. The molecule has 1 saturated carbocycles. The molecule has 10 nitrogen and oxygen atoms in total. The summed E-state index contributed by atoms with van der Waals surface area (Å²) in [6, 6.07) is 11.1. The SMILES string of the molecule is C=CCCN(Cc1ncco1)S(=O)(=O)NC(=O)c1ccc2c(c1)N(C[C@@H]1CC[C@H]1[C@@H](O)C=C)CC1(CCCc3cc(Cl)ccc31)CO2. The number of hydrogen-bond acceptors (Lipinski definition) is 8. The van der Waals surface area contributed by atoms with Crippen LogP contribution < -0.4 is 14.4 Å². The average molecular weight is 681 g/mol. The number of amides is 1. The van der Waals surface area contributed by atoms with E-state index < -0.39 is 22.2 Å². The molecule has 47 heavy (non-hydrogen) atoms. The van der Waals surface area contributed by atoms with Crippen LogP contribution in [0.4, 0.5) is 5.69 Å². The van der Waals surface area contributed by atoms with Gasteiger partial charge in [-0.15, -0.1) is 13.2 Å². The molecule has 1 amide bonds. The quantitative estimate of drug-likeness (QED) is 0.243. The molecule has 2 N–H and O–H groups in total. The van der Waals surface area contributed by atoms with Gasteiger partial charge >= 0.3 is 10.2 Å². The van der Waals surface area contributed by atoms with E-state index in [2.05, 4.69) is 33.8 Å². The largest absolute Gasteiger partial charge is 0.490 e. The first kappa shape index (κ1) is 33.3. The van der Waals surface area contributed by atoms with Crippen molar-refractivity contribution < 1.29 is 27.5 Å². The summed E-state index contributed by atoms with van der Waals surface area (Å²) in [6.07, 6.45) is 10.5. The number of carbonyl (C=O) groups is 1. The number of aromatic nitrogens is 1. The third-order valence-corrected chi connectivity index (χ3v) is 11.5. The topological polar surface area (TPSA) is 125 Å². The van der Waals surface area contributed by atoms with E-state index in [9.17, 15) is 18.3 Å². The molecule has 2 aliphatic carbocycles. The van der Waals surface area contributed by atoms with E-state index in [0.717, 1.165) is 42.1 Å². The fourth-order valence-electron chi connectivity index (χ4n) is 7.23. The fourth-order valence-corrected chi connectivity index (χ4v) is 8.53. The number of aryl methyl sites for hydroxylation is 1. The molecule has 1 unspecified atom stereocenters. The Kier molecular flexibility index (Phi) is 9.80. The van der Waals surface area contributed by atoms with Crippen LogP contribution in [0.15, 0.2) is 78.6 Å². The Morgan fingerprint density at radius 1 is 1.26 bits per heavy atom. The normalized spacial score (nSPS) is 22.7. The van der Waals surface area contributed by atoms with Gasteiger partial charge in [0.05, 0.1) is 31.1 Å². The van der Waals surface area contributed by atoms with Gasteiger partial charge in [-0.25, -0.2) is 9.71 Å². The molecule has 1 aliphatic heterocycles. The first-order valence-electron chi connectivity index (χ1n) is 16.1. The number of hydrogen-bond donors (Lipinski definition) is 2. The maximum atomic E-state index is 13.6. The Bertz CT molecular complexity index is 1730. The molecular weight excluding hydrogens is 640 g/mol. The predicted octanol–water partition coefficient (Wildman–Crippen LogP) is 5.43. The van der Waals surface area contributed by atoms with Gasteiger partial charge in [-0.2, -0.15) is 12.7 Å². The molecule has 3 aromatic rings. The van der Waals surface area contributed by atoms with Crippen LogP contribution in [-0.4, -0.2) is 61.1 Å². The summed E-state index contributed by atoms with van der Waals surface area (Å²) in [4.78, 5) is 19.9. The van der Waals surface area contributed by atoms with E-state index in [-0.39, 0.29) is 41.8 Å². The highest BCUT2D eigenvalue weighted by molar-refractivity contribution is 7.87. The van der Waals surface area contributed by atoms with Gasteiger partial charge in [0, 0.05) is 35.6 Å². The van der Waals surface area contributed by atoms with E-state index >= 15 is 0 Å². The van der Waals surface area contributed by atoms with E-state index in [1.807, 2.05) is 12.1 Å². The summed E-state index contributed by atoms with van der Waals surface area (Å²) in [5.41, 5.74) is 3.03. The van der Waals surface area contributed by atoms with Gasteiger partial charge in [0.25, 0.3) is 5.91 Å². The van der Waals surface area contributed by atoms with Crippen molar-refractivity contribution in [3.05, 3.63) is 102 Å². The summed E-state index contributed by atoms with van der Waals surface area (Å²) in [6.45, 7) is 9.17. The number of carbonyl (C=O) groups excluding carboxylic acids is 1. The van der Waals surface area contributed by atoms with Crippen molar-refractivity contribution in [3.8, 4) is 5.75 Å². The Morgan fingerprint density at radius 2 is 2.11 bits per heavy atom. The van der Waals surface area contributed by atoms with Crippen molar-refractivity contribution in [1.82, 2.24) is 14.0 Å². The highest BCUT2D eigenvalue weighted by Crippen LogP contribution is 2.46. The Balaban J connectivity index is 1.31. The maximum absolute atomic E-state index is 13.6. The number of benzene rings is 2. The number of aliphatic hydroxyl groups excluding tert-OH is 1. The average Bonchev–Trinajstić information content (AvgIpc) is 3.51. The number of oxazole rings is 1. The molecule has 6 rings (SSSR count). The van der Waals surface area contributed by atoms with Crippen LogP contribution in [0.2, 0.25) is 5.02 Å². The maximum Gasteiger partial charge on any atom is 0.304 e. The zero-order valence-corrected chi connectivity index (χ0v) is 27.9. The third-order valence-electron chi connectivity index (χ3n) is 9.85. The Morgan fingerprint density at radius 3 is 2.83 bits per heavy atom. The highest BCUT2D eigenvalue weighted by atomic mass is 35.5. The standard InChI is InChI=1S/C35H41ClN4O6S/c1-3-5-16-40(21-33-37-15-17-45-33)47(43,44)38-34(42)25-9-13-32-30(19-25)39(20-26-8-11-28(26)31(41)4-2)22-35(23-46-32)14-6-7-24-18-27(36)10-12-29(24)35/h3-4,9-10,12-13,15,17-19,26,28,31,41H,1-2,5-8,11,14,16,20-23H2,(H,38,42)/t26-,28+,31-,35?/m0/s1. The number of nitrogens with one attached hydrogen (secondary N) is 1. The number of aliphatic hydroxyl groups is 1. The monoisotopic (exact) mass is 680 g/mol. The molecule has 1 spiro atoms. The van der Waals surface area contributed by atoms with E-state index in [1.165, 1.54) is 23.6 Å². The van der Waals surface area contributed by atoms with Crippen LogP contribution in [0, 0.1) is 11.8 Å². The lowest BCUT2D eigenvalue weighted by Crippen LogP contribution is -2.49. The van der Waals surface area contributed by atoms with Crippen LogP contribution >= 0.6 is 11.6 Å². The van der Waals surface area contributed by atoms with Gasteiger partial charge in [-0.3, -0.25) is 4.79 Å². The second-order valence-corrected chi connectivity index (χ2v) is 14.9. The minimum Gasteiger partial charge on any atom is -0.490 e. The summed E-state index contributed by atoms with van der Waals surface area (Å²) in [5.74, 6) is 0.380. The lowest BCUT2D eigenvalue weighted by atomic mass is 9.68. The molecule has 0 radical (unpaired) electrons. The van der Waals surface area contributed by atoms with Gasteiger partial charge in [0.2, 0.25) is 5.89 Å². The first-order valence-corrected chi connectivity index (χ1v) is 17.9. The second-order valence-electron chi connectivity index (χ2n) is 12.8. The number of nitrogens with zero attached hydrogens (tertiary/aromatic N) is 3. The zero-order valence-electron chi connectivity index (χ0n) is 26.3. The molecule has 1 aromatic heterocycles. The number of rotatable bonds is 12. The van der Waals surface area contributed by atoms with Gasteiger partial charge in [0.15, 0.2) is 0 Å². The molecular formula is C35H41ClN4O6S. The highest BCUT2D eigenvalue weighted by Gasteiger charge is 2.44. The molecule has 250 valence electrons. The lowest BCUT2D eigenvalue weighted by molar-refractivity contribution is 0.0460. The summed E-state index contributed by atoms with van der Waals surface area (Å²) < 4.78 is 42.0. The summed E-state index contributed by atoms with van der Waals surface area (Å²) >= 11 is 6.40. The lowest BCUT2D eigenvalue weighted by Gasteiger charge is -2.45. The van der Waals surface area contributed by atoms with Crippen LogP contribution in [0.1, 0.15) is 59.5 Å². The summed E-state index contributed by atoms with van der Waals surface area (Å²) in [7, 11) is -4.26. The third kappa shape index (κ3) is 6.99. The first-order chi connectivity index (χ1) is 22.6. The van der Waals surface area contributed by atoms with Gasteiger partial charge < -0.3 is 19.2 Å². The van der Waals surface area contributed by atoms with Crippen molar-refractivity contribution in [3.63, 3.8) is 0 Å². The predicted molar refractivity (Wildman–Crippen MR) is 181 cm³/mol. The fraction of sp³-hybridized carbons (Fsp3) is 0.429. The van der Waals surface area contributed by atoms with Crippen molar-refractivity contribution in [2.75, 3.05) is 31.1 Å². The molecule has 0 saturated heterocycles. The minimum absolute atomic E-state index is 0.0915. The number of halogens is 1. The molecule has 3 aliphatic rings. The zero-order chi connectivity index (χ0) is 33.2. The Labute approximate surface area is 281 Å². The molecule has 4 atom stereocenters. The minimum atomic E-state index is -4.26. The number of anilines is 1. The second kappa shape index (κ2) is 13.8. The molecule has 2 aromatic carbocycles. The van der Waals surface area contributed by atoms with Crippen molar-refractivity contribution in [1.29, 1.82) is 0 Å². The van der Waals surface area contributed by atoms with Gasteiger partial charge in [0.1, 0.15) is 12.0 Å². The molecule has 12 heteroatoms. The van der Waals surface area contributed by atoms with Crippen LogP contribution in [0.3, 0.4) is 0 Å². The van der Waals surface area contributed by atoms with Crippen LogP contribution in [0.5, 0.6) is 5.75 Å². The molecule has 1 fully saturated rings.